The number of methoxy groups -OCH3 is 2. The molecule has 1 aliphatic carbocycles. The molecular formula is C14H18N2O3. The Bertz CT molecular complexity index is 462. The maximum atomic E-state index is 11.8. The Labute approximate surface area is 113 Å². The van der Waals surface area contributed by atoms with Gasteiger partial charge in [-0.2, -0.15) is 5.26 Å². The van der Waals surface area contributed by atoms with E-state index in [9.17, 15) is 4.79 Å². The molecule has 5 nitrogen and oxygen atoms in total. The van der Waals surface area contributed by atoms with Crippen molar-refractivity contribution in [3.8, 4) is 6.07 Å². The summed E-state index contributed by atoms with van der Waals surface area (Å²) in [5.74, 6) is 2.01. The van der Waals surface area contributed by atoms with Crippen LogP contribution in [0.1, 0.15) is 12.8 Å². The Hall–Kier alpha value is -1.96. The molecule has 1 fully saturated rings. The number of nitrogens with zero attached hydrogens (tertiary/aromatic N) is 2. The minimum atomic E-state index is -0.0881. The zero-order valence-electron chi connectivity index (χ0n) is 11.3. The van der Waals surface area contributed by atoms with Crippen LogP contribution in [0.2, 0.25) is 0 Å². The maximum absolute atomic E-state index is 11.8. The molecule has 1 aliphatic heterocycles. The molecule has 5 heteroatoms. The fourth-order valence-electron chi connectivity index (χ4n) is 2.68. The summed E-state index contributed by atoms with van der Waals surface area (Å²) in [6, 6.07) is 1.91. The van der Waals surface area contributed by atoms with Gasteiger partial charge in [-0.05, 0) is 24.5 Å². The lowest BCUT2D eigenvalue weighted by molar-refractivity contribution is -0.132. The smallest absolute Gasteiger partial charge is 0.236 e. The van der Waals surface area contributed by atoms with E-state index < -0.39 is 0 Å². The summed E-state index contributed by atoms with van der Waals surface area (Å²) in [5.41, 5.74) is 0. The summed E-state index contributed by atoms with van der Waals surface area (Å²) >= 11 is 0. The van der Waals surface area contributed by atoms with Gasteiger partial charge in [0.1, 0.15) is 6.42 Å². The first-order valence-electron chi connectivity index (χ1n) is 6.36. The third kappa shape index (κ3) is 2.73. The predicted molar refractivity (Wildman–Crippen MR) is 68.6 cm³/mol. The van der Waals surface area contributed by atoms with Crippen LogP contribution in [-0.4, -0.2) is 38.1 Å². The summed E-state index contributed by atoms with van der Waals surface area (Å²) in [6.07, 6.45) is 4.95. The van der Waals surface area contributed by atoms with Gasteiger partial charge in [0.15, 0.2) is 11.5 Å². The SMILES string of the molecule is COC1=CC2CCN(C(=O)CC#N)CC2C=C1OC. The van der Waals surface area contributed by atoms with Gasteiger partial charge >= 0.3 is 0 Å². The molecule has 2 aliphatic rings. The number of amides is 1. The highest BCUT2D eigenvalue weighted by Crippen LogP contribution is 2.34. The van der Waals surface area contributed by atoms with Crippen LogP contribution in [-0.2, 0) is 14.3 Å². The van der Waals surface area contributed by atoms with Gasteiger partial charge in [-0.3, -0.25) is 4.79 Å². The molecule has 0 radical (unpaired) electrons. The molecule has 19 heavy (non-hydrogen) atoms. The molecule has 102 valence electrons. The standard InChI is InChI=1S/C14H18N2O3/c1-18-12-7-10-4-6-16(14(17)3-5-15)9-11(10)8-13(12)19-2/h7-8,10-11H,3-4,6,9H2,1-2H3. The van der Waals surface area contributed by atoms with E-state index in [0.717, 1.165) is 17.9 Å². The van der Waals surface area contributed by atoms with E-state index in [1.807, 2.05) is 12.1 Å². The number of ether oxygens (including phenoxy) is 2. The van der Waals surface area contributed by atoms with E-state index in [0.29, 0.717) is 19.0 Å². The molecule has 0 aromatic heterocycles. The normalized spacial score (nSPS) is 25.6. The largest absolute Gasteiger partial charge is 0.493 e. The van der Waals surface area contributed by atoms with E-state index in [1.165, 1.54) is 0 Å². The molecule has 1 amide bonds. The molecule has 0 bridgehead atoms. The number of nitriles is 1. The first kappa shape index (κ1) is 13.5. The zero-order valence-corrected chi connectivity index (χ0v) is 11.3. The van der Waals surface area contributed by atoms with Crippen LogP contribution in [0.25, 0.3) is 0 Å². The van der Waals surface area contributed by atoms with Gasteiger partial charge in [0.25, 0.3) is 0 Å². The van der Waals surface area contributed by atoms with Crippen LogP contribution in [0, 0.1) is 23.2 Å². The van der Waals surface area contributed by atoms with Crippen LogP contribution in [0.15, 0.2) is 23.7 Å². The molecule has 0 N–H and O–H groups in total. The second-order valence-corrected chi connectivity index (χ2v) is 4.76. The van der Waals surface area contributed by atoms with Crippen molar-refractivity contribution < 1.29 is 14.3 Å². The lowest BCUT2D eigenvalue weighted by atomic mass is 9.81. The minimum Gasteiger partial charge on any atom is -0.493 e. The number of likely N-dealkylation sites (tertiary alicyclic amines) is 1. The molecule has 2 atom stereocenters. The highest BCUT2D eigenvalue weighted by Gasteiger charge is 2.33. The lowest BCUT2D eigenvalue weighted by Crippen LogP contribution is -2.43. The molecule has 0 saturated carbocycles. The third-order valence-electron chi connectivity index (χ3n) is 3.71. The van der Waals surface area contributed by atoms with E-state index >= 15 is 0 Å². The predicted octanol–water partition coefficient (Wildman–Crippen LogP) is 1.44. The molecule has 0 aromatic carbocycles. The molecule has 2 rings (SSSR count). The van der Waals surface area contributed by atoms with Crippen LogP contribution in [0.5, 0.6) is 0 Å². The van der Waals surface area contributed by atoms with Crippen molar-refractivity contribution >= 4 is 5.91 Å². The third-order valence-corrected chi connectivity index (χ3v) is 3.71. The van der Waals surface area contributed by atoms with Crippen molar-refractivity contribution in [2.45, 2.75) is 12.8 Å². The van der Waals surface area contributed by atoms with E-state index in [-0.39, 0.29) is 18.2 Å². The fraction of sp³-hybridized carbons (Fsp3) is 0.571. The van der Waals surface area contributed by atoms with Crippen LogP contribution in [0.4, 0.5) is 0 Å². The number of carbonyl (C=O) groups excluding carboxylic acids is 1. The second-order valence-electron chi connectivity index (χ2n) is 4.76. The van der Waals surface area contributed by atoms with Gasteiger partial charge in [0.2, 0.25) is 5.91 Å². The van der Waals surface area contributed by atoms with Gasteiger partial charge in [-0.15, -0.1) is 0 Å². The minimum absolute atomic E-state index is 0.0442. The van der Waals surface area contributed by atoms with Crippen molar-refractivity contribution in [1.82, 2.24) is 4.90 Å². The van der Waals surface area contributed by atoms with Gasteiger partial charge in [-0.25, -0.2) is 0 Å². The number of piperidine rings is 1. The van der Waals surface area contributed by atoms with Crippen molar-refractivity contribution in [3.05, 3.63) is 23.7 Å². The van der Waals surface area contributed by atoms with Gasteiger partial charge < -0.3 is 14.4 Å². The van der Waals surface area contributed by atoms with Gasteiger partial charge in [-0.1, -0.05) is 0 Å². The van der Waals surface area contributed by atoms with Crippen LogP contribution >= 0.6 is 0 Å². The summed E-state index contributed by atoms with van der Waals surface area (Å²) < 4.78 is 10.6. The molecule has 0 spiro atoms. The fourth-order valence-corrected chi connectivity index (χ4v) is 2.68. The highest BCUT2D eigenvalue weighted by molar-refractivity contribution is 5.78. The molecule has 1 heterocycles. The molecule has 0 aromatic rings. The molecule has 1 saturated heterocycles. The average Bonchev–Trinajstić information content (AvgIpc) is 2.45. The molecule has 2 unspecified atom stereocenters. The first-order valence-corrected chi connectivity index (χ1v) is 6.36. The lowest BCUT2D eigenvalue weighted by Gasteiger charge is -2.38. The Morgan fingerprint density at radius 1 is 1.37 bits per heavy atom. The second kappa shape index (κ2) is 5.79. The Morgan fingerprint density at radius 2 is 2.00 bits per heavy atom. The number of hydrogen-bond acceptors (Lipinski definition) is 4. The number of rotatable bonds is 3. The first-order chi connectivity index (χ1) is 9.19. The quantitative estimate of drug-likeness (QED) is 0.772. The van der Waals surface area contributed by atoms with Gasteiger partial charge in [0, 0.05) is 19.0 Å². The number of allylic oxidation sites excluding steroid dienone is 1. The zero-order chi connectivity index (χ0) is 13.8. The van der Waals surface area contributed by atoms with Crippen molar-refractivity contribution in [1.29, 1.82) is 5.26 Å². The summed E-state index contributed by atoms with van der Waals surface area (Å²) in [7, 11) is 3.24. The van der Waals surface area contributed by atoms with E-state index in [4.69, 9.17) is 14.7 Å². The van der Waals surface area contributed by atoms with Crippen LogP contribution < -0.4 is 0 Å². The number of carbonyl (C=O) groups is 1. The Kier molecular flexibility index (Phi) is 4.10. The van der Waals surface area contributed by atoms with E-state index in [2.05, 4.69) is 6.08 Å². The maximum Gasteiger partial charge on any atom is 0.236 e. The Morgan fingerprint density at radius 3 is 2.58 bits per heavy atom. The average molecular weight is 262 g/mol. The highest BCUT2D eigenvalue weighted by atomic mass is 16.5. The van der Waals surface area contributed by atoms with Crippen molar-refractivity contribution in [2.24, 2.45) is 11.8 Å². The number of fused-ring (bicyclic) bond motifs is 1. The topological polar surface area (TPSA) is 62.6 Å². The van der Waals surface area contributed by atoms with E-state index in [1.54, 1.807) is 19.1 Å². The summed E-state index contributed by atoms with van der Waals surface area (Å²) in [6.45, 7) is 1.34. The Balaban J connectivity index is 2.10. The summed E-state index contributed by atoms with van der Waals surface area (Å²) in [5, 5.41) is 8.59. The van der Waals surface area contributed by atoms with Crippen LogP contribution in [0.3, 0.4) is 0 Å². The van der Waals surface area contributed by atoms with Gasteiger partial charge in [0.05, 0.1) is 20.3 Å². The molecular weight excluding hydrogens is 244 g/mol. The summed E-state index contributed by atoms with van der Waals surface area (Å²) in [4.78, 5) is 13.5. The number of hydrogen-bond donors (Lipinski definition) is 0. The van der Waals surface area contributed by atoms with Crippen molar-refractivity contribution in [3.63, 3.8) is 0 Å². The van der Waals surface area contributed by atoms with Crippen molar-refractivity contribution in [2.75, 3.05) is 27.3 Å². The monoisotopic (exact) mass is 262 g/mol.